The smallest absolute Gasteiger partial charge is 0.308 e. The van der Waals surface area contributed by atoms with Crippen LogP contribution in [0.3, 0.4) is 0 Å². The summed E-state index contributed by atoms with van der Waals surface area (Å²) in [6.45, 7) is 2.25. The largest absolute Gasteiger partial charge is 0.507 e. The van der Waals surface area contributed by atoms with E-state index in [1.54, 1.807) is 12.1 Å². The molecule has 2 aromatic rings. The van der Waals surface area contributed by atoms with Crippen LogP contribution >= 0.6 is 11.3 Å². The van der Waals surface area contributed by atoms with Gasteiger partial charge in [0.1, 0.15) is 11.5 Å². The van der Waals surface area contributed by atoms with Gasteiger partial charge in [-0.2, -0.15) is 0 Å². The summed E-state index contributed by atoms with van der Waals surface area (Å²) in [5.74, 6) is -0.700. The molecule has 0 saturated carbocycles. The Hall–Kier alpha value is -2.08. The average Bonchev–Trinajstić information content (AvgIpc) is 2.26. The predicted molar refractivity (Wildman–Crippen MR) is 72.3 cm³/mol. The van der Waals surface area contributed by atoms with E-state index in [1.165, 1.54) is 6.07 Å². The van der Waals surface area contributed by atoms with Gasteiger partial charge in [0.2, 0.25) is 4.74 Å². The molecule has 0 amide bonds. The van der Waals surface area contributed by atoms with E-state index in [-0.39, 0.29) is 22.3 Å². The van der Waals surface area contributed by atoms with Gasteiger partial charge in [-0.3, -0.25) is 9.59 Å². The average molecular weight is 280 g/mol. The second-order valence-electron chi connectivity index (χ2n) is 3.91. The number of aromatic hydroxyl groups is 1. The van der Waals surface area contributed by atoms with Crippen LogP contribution < -0.4 is 9.48 Å². The summed E-state index contributed by atoms with van der Waals surface area (Å²) in [4.78, 5) is 23.0. The number of hydrogen-bond acceptors (Lipinski definition) is 5. The summed E-state index contributed by atoms with van der Waals surface area (Å²) < 4.78 is 4.93. The Bertz CT molecular complexity index is 689. The third kappa shape index (κ3) is 2.85. The Morgan fingerprint density at radius 3 is 2.74 bits per heavy atom. The van der Waals surface area contributed by atoms with Gasteiger partial charge in [0.25, 0.3) is 0 Å². The lowest BCUT2D eigenvalue weighted by molar-refractivity contribution is -0.136. The molecule has 6 heteroatoms. The Morgan fingerprint density at radius 1 is 1.37 bits per heavy atom. The van der Waals surface area contributed by atoms with Crippen LogP contribution in [0.15, 0.2) is 23.0 Å². The number of aliphatic carboxylic acids is 1. The van der Waals surface area contributed by atoms with Crippen LogP contribution in [0.4, 0.5) is 0 Å². The number of fused-ring (bicyclic) bond motifs is 1. The maximum absolute atomic E-state index is 11.9. The Kier molecular flexibility index (Phi) is 3.71. The van der Waals surface area contributed by atoms with E-state index in [9.17, 15) is 14.7 Å². The lowest BCUT2D eigenvalue weighted by atomic mass is 10.1. The van der Waals surface area contributed by atoms with E-state index in [0.29, 0.717) is 22.6 Å². The standard InChI is InChI=1S/C13H12O5S/c1-2-18-8-3-7-4-9(6-11(15)16)19-13(17)12(7)10(14)5-8/h3-5,14H,2,6H2,1H3,(H,15,16). The molecule has 1 heterocycles. The van der Waals surface area contributed by atoms with Gasteiger partial charge in [-0.25, -0.2) is 0 Å². The highest BCUT2D eigenvalue weighted by Gasteiger charge is 2.11. The molecular weight excluding hydrogens is 268 g/mol. The molecule has 100 valence electrons. The third-order valence-electron chi connectivity index (χ3n) is 2.50. The molecule has 2 rings (SSSR count). The van der Waals surface area contributed by atoms with E-state index in [1.807, 2.05) is 6.92 Å². The van der Waals surface area contributed by atoms with Gasteiger partial charge in [0.05, 0.1) is 18.4 Å². The number of carbonyl (C=O) groups is 1. The van der Waals surface area contributed by atoms with Crippen LogP contribution in [-0.4, -0.2) is 22.8 Å². The van der Waals surface area contributed by atoms with Crippen molar-refractivity contribution in [2.75, 3.05) is 6.61 Å². The van der Waals surface area contributed by atoms with Crippen LogP contribution in [0.1, 0.15) is 11.8 Å². The number of carboxylic acid groups (broad SMARTS) is 1. The molecule has 0 spiro atoms. The number of ether oxygens (including phenoxy) is 1. The minimum absolute atomic E-state index is 0.149. The van der Waals surface area contributed by atoms with Gasteiger partial charge in [0.15, 0.2) is 0 Å². The fourth-order valence-electron chi connectivity index (χ4n) is 1.82. The van der Waals surface area contributed by atoms with Crippen molar-refractivity contribution in [3.05, 3.63) is 32.6 Å². The van der Waals surface area contributed by atoms with Crippen molar-refractivity contribution in [3.8, 4) is 11.5 Å². The number of hydrogen-bond donors (Lipinski definition) is 2. The van der Waals surface area contributed by atoms with Crippen molar-refractivity contribution in [2.45, 2.75) is 13.3 Å². The maximum atomic E-state index is 11.9. The molecule has 1 aromatic heterocycles. The molecule has 0 aliphatic carbocycles. The van der Waals surface area contributed by atoms with E-state index >= 15 is 0 Å². The lowest BCUT2D eigenvalue weighted by Crippen LogP contribution is -2.03. The molecule has 0 aliphatic heterocycles. The van der Waals surface area contributed by atoms with Crippen molar-refractivity contribution < 1.29 is 19.7 Å². The first kappa shape index (κ1) is 13.4. The topological polar surface area (TPSA) is 83.8 Å². The zero-order valence-electron chi connectivity index (χ0n) is 10.2. The first-order valence-corrected chi connectivity index (χ1v) is 6.47. The number of phenols is 1. The SMILES string of the molecule is CCOc1cc(O)c2c(=O)sc(CC(=O)O)cc2c1. The minimum Gasteiger partial charge on any atom is -0.507 e. The molecule has 0 atom stereocenters. The van der Waals surface area contributed by atoms with Gasteiger partial charge in [-0.05, 0) is 24.4 Å². The molecule has 0 aliphatic rings. The maximum Gasteiger partial charge on any atom is 0.308 e. The monoisotopic (exact) mass is 280 g/mol. The summed E-state index contributed by atoms with van der Waals surface area (Å²) in [6.07, 6.45) is -0.213. The summed E-state index contributed by atoms with van der Waals surface area (Å²) in [7, 11) is 0. The third-order valence-corrected chi connectivity index (χ3v) is 3.42. The highest BCUT2D eigenvalue weighted by atomic mass is 32.1. The number of rotatable bonds is 4. The van der Waals surface area contributed by atoms with Gasteiger partial charge in [0, 0.05) is 10.9 Å². The number of phenolic OH excluding ortho intramolecular Hbond substituents is 1. The van der Waals surface area contributed by atoms with E-state index in [2.05, 4.69) is 0 Å². The molecular formula is C13H12O5S. The molecule has 0 unspecified atom stereocenters. The van der Waals surface area contributed by atoms with Gasteiger partial charge < -0.3 is 14.9 Å². The van der Waals surface area contributed by atoms with Gasteiger partial charge in [-0.15, -0.1) is 0 Å². The molecule has 0 saturated heterocycles. The van der Waals surface area contributed by atoms with E-state index in [0.717, 1.165) is 11.3 Å². The van der Waals surface area contributed by atoms with Crippen LogP contribution in [0, 0.1) is 0 Å². The summed E-state index contributed by atoms with van der Waals surface area (Å²) >= 11 is 0.831. The quantitative estimate of drug-likeness (QED) is 0.894. The van der Waals surface area contributed by atoms with Crippen LogP contribution in [0.2, 0.25) is 0 Å². The van der Waals surface area contributed by atoms with Crippen molar-refractivity contribution in [3.63, 3.8) is 0 Å². The first-order chi connectivity index (χ1) is 9.01. The number of carboxylic acids is 1. The van der Waals surface area contributed by atoms with Crippen molar-refractivity contribution in [1.29, 1.82) is 0 Å². The fourth-order valence-corrected chi connectivity index (χ4v) is 2.76. The highest BCUT2D eigenvalue weighted by molar-refractivity contribution is 7.10. The Balaban J connectivity index is 2.63. The van der Waals surface area contributed by atoms with Gasteiger partial charge in [-0.1, -0.05) is 11.3 Å². The zero-order valence-corrected chi connectivity index (χ0v) is 11.0. The van der Waals surface area contributed by atoms with Crippen molar-refractivity contribution >= 4 is 28.1 Å². The summed E-state index contributed by atoms with van der Waals surface area (Å²) in [5, 5.41) is 19.3. The second-order valence-corrected chi connectivity index (χ2v) is 5.01. The zero-order chi connectivity index (χ0) is 14.0. The lowest BCUT2D eigenvalue weighted by Gasteiger charge is -2.07. The Labute approximate surface area is 112 Å². The molecule has 2 N–H and O–H groups in total. The number of benzene rings is 1. The molecule has 0 radical (unpaired) electrons. The van der Waals surface area contributed by atoms with Crippen molar-refractivity contribution in [2.24, 2.45) is 0 Å². The Morgan fingerprint density at radius 2 is 2.11 bits per heavy atom. The molecule has 5 nitrogen and oxygen atoms in total. The van der Waals surface area contributed by atoms with Crippen LogP contribution in [0.5, 0.6) is 11.5 Å². The minimum atomic E-state index is -1.000. The summed E-state index contributed by atoms with van der Waals surface area (Å²) in [6, 6.07) is 4.60. The van der Waals surface area contributed by atoms with Crippen LogP contribution in [-0.2, 0) is 11.2 Å². The van der Waals surface area contributed by atoms with E-state index < -0.39 is 5.97 Å². The fraction of sp³-hybridized carbons (Fsp3) is 0.231. The molecule has 19 heavy (non-hydrogen) atoms. The molecule has 1 aromatic carbocycles. The molecule has 0 bridgehead atoms. The highest BCUT2D eigenvalue weighted by Crippen LogP contribution is 2.29. The van der Waals surface area contributed by atoms with Crippen molar-refractivity contribution in [1.82, 2.24) is 0 Å². The molecule has 0 fully saturated rings. The van der Waals surface area contributed by atoms with Crippen LogP contribution in [0.25, 0.3) is 10.8 Å². The van der Waals surface area contributed by atoms with E-state index in [4.69, 9.17) is 9.84 Å². The summed E-state index contributed by atoms with van der Waals surface area (Å²) in [5.41, 5.74) is 0. The normalized spacial score (nSPS) is 10.6. The first-order valence-electron chi connectivity index (χ1n) is 5.65. The second kappa shape index (κ2) is 5.27. The van der Waals surface area contributed by atoms with Gasteiger partial charge >= 0.3 is 5.97 Å². The predicted octanol–water partition coefficient (Wildman–Crippen LogP) is 1.99.